The van der Waals surface area contributed by atoms with Crippen LogP contribution in [0.15, 0.2) is 0 Å². The second kappa shape index (κ2) is 18.0. The summed E-state index contributed by atoms with van der Waals surface area (Å²) in [5.74, 6) is 0. The van der Waals surface area contributed by atoms with Crippen LogP contribution in [0.25, 0.3) is 0 Å². The van der Waals surface area contributed by atoms with Crippen LogP contribution in [0.5, 0.6) is 0 Å². The van der Waals surface area contributed by atoms with Gasteiger partial charge in [0.05, 0.1) is 0 Å². The average Bonchev–Trinajstić information content (AvgIpc) is 0. The molecule has 0 bridgehead atoms. The van der Waals surface area contributed by atoms with Gasteiger partial charge in [-0.3, -0.25) is 0 Å². The molecule has 0 saturated heterocycles. The van der Waals surface area contributed by atoms with Crippen LogP contribution in [-0.2, 0) is 36.5 Å². The summed E-state index contributed by atoms with van der Waals surface area (Å²) in [7, 11) is 0. The number of rotatable bonds is 0. The quantitative estimate of drug-likeness (QED) is 0.441. The van der Waals surface area contributed by atoms with Gasteiger partial charge in [0, 0.05) is 53.9 Å². The molecular weight excluding hydrogens is 180 g/mol. The van der Waals surface area contributed by atoms with Crippen molar-refractivity contribution < 1.29 is 39.4 Å². The summed E-state index contributed by atoms with van der Waals surface area (Å²) in [4.78, 5) is 0. The van der Waals surface area contributed by atoms with Crippen molar-refractivity contribution in [1.82, 2.24) is 0 Å². The molecule has 20 valence electrons. The first kappa shape index (κ1) is 32.0. The zero-order valence-corrected chi connectivity index (χ0v) is 8.77. The zero-order chi connectivity index (χ0) is 0. The molecule has 0 unspecified atom stereocenters. The van der Waals surface area contributed by atoms with Crippen molar-refractivity contribution in [3.63, 3.8) is 0 Å². The second-order valence-electron chi connectivity index (χ2n) is 0. The Balaban J connectivity index is 0. The van der Waals surface area contributed by atoms with Crippen molar-refractivity contribution in [3.05, 3.63) is 0 Å². The van der Waals surface area contributed by atoms with Crippen molar-refractivity contribution in [2.75, 3.05) is 0 Å². The molecule has 0 fully saturated rings. The van der Waals surface area contributed by atoms with Crippen molar-refractivity contribution in [2.45, 2.75) is 0 Å². The first-order valence-corrected chi connectivity index (χ1v) is 0. The summed E-state index contributed by atoms with van der Waals surface area (Å²) >= 11 is 0. The van der Waals surface area contributed by atoms with Gasteiger partial charge in [0.1, 0.15) is 0 Å². The minimum absolute atomic E-state index is 0. The molecule has 0 nitrogen and oxygen atoms in total. The molecule has 0 spiro atoms. The van der Waals surface area contributed by atoms with Crippen LogP contribution in [0.4, 0.5) is 0 Å². The summed E-state index contributed by atoms with van der Waals surface area (Å²) < 4.78 is 0. The SMILES string of the molecule is [Al].[Cu].[H-].[H-].[Mg+2].[Zn]. The molecule has 0 N–H and O–H groups in total. The fraction of sp³-hybridized carbons (Fsp3) is 0. The molecule has 4 radical (unpaired) electrons. The molecule has 0 aromatic carbocycles. The summed E-state index contributed by atoms with van der Waals surface area (Å²) in [6, 6.07) is 0. The van der Waals surface area contributed by atoms with Gasteiger partial charge in [-0.05, 0) is 0 Å². The summed E-state index contributed by atoms with van der Waals surface area (Å²) in [6.07, 6.45) is 0. The Hall–Kier alpha value is 2.44. The van der Waals surface area contributed by atoms with Crippen molar-refractivity contribution in [2.24, 2.45) is 0 Å². The van der Waals surface area contributed by atoms with Crippen LogP contribution in [0.1, 0.15) is 2.85 Å². The van der Waals surface area contributed by atoms with Crippen LogP contribution in [0.2, 0.25) is 0 Å². The van der Waals surface area contributed by atoms with E-state index >= 15 is 0 Å². The van der Waals surface area contributed by atoms with E-state index in [0.29, 0.717) is 0 Å². The Labute approximate surface area is 79.0 Å². The minimum atomic E-state index is 0. The predicted molar refractivity (Wildman–Crippen MR) is 13.7 cm³/mol. The number of hydrogen-bond donors (Lipinski definition) is 0. The smallest absolute Gasteiger partial charge is 1.00 e. The summed E-state index contributed by atoms with van der Waals surface area (Å²) in [5, 5.41) is 0. The van der Waals surface area contributed by atoms with E-state index in [1.807, 2.05) is 0 Å². The summed E-state index contributed by atoms with van der Waals surface area (Å²) in [5.41, 5.74) is 0. The van der Waals surface area contributed by atoms with Crippen molar-refractivity contribution in [1.29, 1.82) is 0 Å². The molecule has 0 aromatic heterocycles. The molecule has 4 heteroatoms. The van der Waals surface area contributed by atoms with Crippen LogP contribution < -0.4 is 0 Å². The maximum Gasteiger partial charge on any atom is 2.00 e. The summed E-state index contributed by atoms with van der Waals surface area (Å²) in [6.45, 7) is 0. The fourth-order valence-corrected chi connectivity index (χ4v) is 0. The second-order valence-corrected chi connectivity index (χ2v) is 0. The molecule has 0 rings (SSSR count). The molecule has 0 heterocycles. The van der Waals surface area contributed by atoms with E-state index < -0.39 is 0 Å². The monoisotopic (exact) mass is 180 g/mol. The Morgan fingerprint density at radius 3 is 1.25 bits per heavy atom. The molecule has 0 aliphatic heterocycles. The van der Waals surface area contributed by atoms with E-state index in [4.69, 9.17) is 0 Å². The molecular formula is H2AlCuMgZn. The molecule has 0 atom stereocenters. The molecule has 0 aliphatic rings. The van der Waals surface area contributed by atoms with Gasteiger partial charge in [0.15, 0.2) is 0 Å². The van der Waals surface area contributed by atoms with E-state index in [0.717, 1.165) is 0 Å². The van der Waals surface area contributed by atoms with Gasteiger partial charge < -0.3 is 2.85 Å². The van der Waals surface area contributed by atoms with Crippen LogP contribution in [0.3, 0.4) is 0 Å². The maximum absolute atomic E-state index is 0. The fourth-order valence-electron chi connectivity index (χ4n) is 0. The Bertz CT molecular complexity index is 13.5. The van der Waals surface area contributed by atoms with Crippen LogP contribution >= 0.6 is 0 Å². The third kappa shape index (κ3) is 8.82. The van der Waals surface area contributed by atoms with Gasteiger partial charge >= 0.3 is 23.1 Å². The van der Waals surface area contributed by atoms with Gasteiger partial charge in [-0.15, -0.1) is 0 Å². The average molecular weight is 182 g/mol. The molecule has 0 amide bonds. The van der Waals surface area contributed by atoms with Crippen molar-refractivity contribution >= 4 is 40.4 Å². The van der Waals surface area contributed by atoms with Gasteiger partial charge in [-0.1, -0.05) is 0 Å². The third-order valence-corrected chi connectivity index (χ3v) is 0. The van der Waals surface area contributed by atoms with Gasteiger partial charge in [-0.2, -0.15) is 0 Å². The standard InChI is InChI=1S/Al.Cu.Mg.Zn.2H/q;;+2;;2*-1. The maximum atomic E-state index is 0. The van der Waals surface area contributed by atoms with Crippen LogP contribution in [0, 0.1) is 0 Å². The third-order valence-electron chi connectivity index (χ3n) is 0. The molecule has 0 saturated carbocycles. The number of hydrogen-bond acceptors (Lipinski definition) is 0. The largest absolute Gasteiger partial charge is 2.00 e. The van der Waals surface area contributed by atoms with E-state index in [1.165, 1.54) is 0 Å². The van der Waals surface area contributed by atoms with Crippen molar-refractivity contribution in [3.8, 4) is 0 Å². The van der Waals surface area contributed by atoms with E-state index in [9.17, 15) is 0 Å². The van der Waals surface area contributed by atoms with Crippen LogP contribution in [-0.4, -0.2) is 40.4 Å². The van der Waals surface area contributed by atoms with E-state index in [-0.39, 0.29) is 79.8 Å². The Morgan fingerprint density at radius 2 is 1.25 bits per heavy atom. The topological polar surface area (TPSA) is 0 Å². The zero-order valence-electron chi connectivity index (χ0n) is 4.29. The first-order chi connectivity index (χ1) is 0. The van der Waals surface area contributed by atoms with E-state index in [1.54, 1.807) is 0 Å². The molecule has 0 aromatic rings. The Morgan fingerprint density at radius 1 is 1.25 bits per heavy atom. The predicted octanol–water partition coefficient (Wildman–Crippen LogP) is -0.542. The van der Waals surface area contributed by atoms with Gasteiger partial charge in [0.25, 0.3) is 0 Å². The molecule has 4 heavy (non-hydrogen) atoms. The first-order valence-electron chi connectivity index (χ1n) is 0. The van der Waals surface area contributed by atoms with E-state index in [2.05, 4.69) is 0 Å². The van der Waals surface area contributed by atoms with Gasteiger partial charge in [0.2, 0.25) is 0 Å². The Kier molecular flexibility index (Phi) is 144. The van der Waals surface area contributed by atoms with Gasteiger partial charge in [-0.25, -0.2) is 0 Å². The molecule has 0 aliphatic carbocycles. The minimum Gasteiger partial charge on any atom is -1.00 e. The normalized spacial score (nSPS) is 0.